The van der Waals surface area contributed by atoms with Gasteiger partial charge in [-0.05, 0) is 0 Å². The summed E-state index contributed by atoms with van der Waals surface area (Å²) < 4.78 is 1.19. The van der Waals surface area contributed by atoms with Crippen molar-refractivity contribution < 1.29 is 9.63 Å². The fraction of sp³-hybridized carbons (Fsp3) is 0.143. The standard InChI is InChI=1S/C7H6N4O2/c1-5(12)13-11-4-8-2-6-7(11)10-3-9-6/h2-4H,1H3. The van der Waals surface area contributed by atoms with Gasteiger partial charge in [0.1, 0.15) is 18.3 Å². The van der Waals surface area contributed by atoms with Gasteiger partial charge in [0, 0.05) is 6.92 Å². The Morgan fingerprint density at radius 2 is 2.38 bits per heavy atom. The van der Waals surface area contributed by atoms with Crippen molar-refractivity contribution in [3.05, 3.63) is 18.9 Å². The highest BCUT2D eigenvalue weighted by Gasteiger charge is 2.11. The summed E-state index contributed by atoms with van der Waals surface area (Å²) in [5.74, 6) is 0.0486. The van der Waals surface area contributed by atoms with E-state index in [1.807, 2.05) is 0 Å². The summed E-state index contributed by atoms with van der Waals surface area (Å²) in [7, 11) is 0. The van der Waals surface area contributed by atoms with E-state index in [0.717, 1.165) is 0 Å². The van der Waals surface area contributed by atoms with Crippen molar-refractivity contribution in [1.29, 1.82) is 0 Å². The highest BCUT2D eigenvalue weighted by Crippen LogP contribution is 2.12. The van der Waals surface area contributed by atoms with Gasteiger partial charge < -0.3 is 4.84 Å². The minimum absolute atomic E-state index is 0.428. The lowest BCUT2D eigenvalue weighted by atomic mass is 10.4. The molecule has 0 unspecified atom stereocenters. The minimum Gasteiger partial charge on any atom is -0.334 e. The second-order valence-corrected chi connectivity index (χ2v) is 2.38. The van der Waals surface area contributed by atoms with Crippen molar-refractivity contribution in [2.45, 2.75) is 6.92 Å². The first-order valence-electron chi connectivity index (χ1n) is 3.59. The molecule has 0 spiro atoms. The lowest BCUT2D eigenvalue weighted by Gasteiger charge is -2.06. The molecule has 0 atom stereocenters. The molecule has 2 heterocycles. The van der Waals surface area contributed by atoms with Gasteiger partial charge in [-0.3, -0.25) is 0 Å². The highest BCUT2D eigenvalue weighted by molar-refractivity contribution is 5.66. The van der Waals surface area contributed by atoms with E-state index in [4.69, 9.17) is 4.84 Å². The quantitative estimate of drug-likeness (QED) is 0.602. The van der Waals surface area contributed by atoms with Crippen LogP contribution in [0.4, 0.5) is 0 Å². The first kappa shape index (κ1) is 7.66. The van der Waals surface area contributed by atoms with E-state index < -0.39 is 5.97 Å². The normalized spacial score (nSPS) is 10.2. The van der Waals surface area contributed by atoms with Crippen LogP contribution in [0.2, 0.25) is 0 Å². The lowest BCUT2D eigenvalue weighted by Crippen LogP contribution is -2.19. The molecule has 2 aliphatic heterocycles. The Labute approximate surface area is 73.5 Å². The van der Waals surface area contributed by atoms with Crippen molar-refractivity contribution >= 4 is 5.97 Å². The molecule has 0 radical (unpaired) electrons. The molecule has 0 saturated carbocycles. The van der Waals surface area contributed by atoms with E-state index in [0.29, 0.717) is 11.5 Å². The minimum atomic E-state index is -0.428. The van der Waals surface area contributed by atoms with E-state index in [1.165, 1.54) is 24.3 Å². The highest BCUT2D eigenvalue weighted by atomic mass is 16.7. The number of aromatic nitrogens is 4. The van der Waals surface area contributed by atoms with Gasteiger partial charge in [0.15, 0.2) is 5.82 Å². The van der Waals surface area contributed by atoms with Crippen LogP contribution in [-0.2, 0) is 4.79 Å². The smallest absolute Gasteiger partial charge is 0.330 e. The first-order valence-corrected chi connectivity index (χ1v) is 3.59. The number of carbonyl (C=O) groups is 1. The average molecular weight is 178 g/mol. The molecule has 0 bridgehead atoms. The zero-order chi connectivity index (χ0) is 9.26. The number of rotatable bonds is 1. The van der Waals surface area contributed by atoms with Crippen molar-refractivity contribution in [3.63, 3.8) is 0 Å². The van der Waals surface area contributed by atoms with Gasteiger partial charge in [-0.2, -0.15) is 0 Å². The molecule has 2 aliphatic rings. The molecule has 66 valence electrons. The summed E-state index contributed by atoms with van der Waals surface area (Å²) in [6.07, 6.45) is 4.28. The lowest BCUT2D eigenvalue weighted by molar-refractivity contribution is -0.141. The number of carbonyl (C=O) groups excluding carboxylic acids is 1. The fourth-order valence-corrected chi connectivity index (χ4v) is 0.955. The summed E-state index contributed by atoms with van der Waals surface area (Å²) in [6, 6.07) is 0. The Morgan fingerprint density at radius 3 is 3.15 bits per heavy atom. The van der Waals surface area contributed by atoms with Crippen LogP contribution >= 0.6 is 0 Å². The predicted molar refractivity (Wildman–Crippen MR) is 41.7 cm³/mol. The van der Waals surface area contributed by atoms with E-state index in [-0.39, 0.29) is 0 Å². The topological polar surface area (TPSA) is 69.9 Å². The van der Waals surface area contributed by atoms with Gasteiger partial charge in [0.2, 0.25) is 0 Å². The van der Waals surface area contributed by atoms with Crippen LogP contribution < -0.4 is 4.84 Å². The van der Waals surface area contributed by atoms with Crippen molar-refractivity contribution in [1.82, 2.24) is 19.7 Å². The Kier molecular flexibility index (Phi) is 1.66. The molecule has 0 fully saturated rings. The molecule has 0 aromatic heterocycles. The molecule has 0 aromatic carbocycles. The van der Waals surface area contributed by atoms with Crippen LogP contribution in [0.5, 0.6) is 0 Å². The Balaban J connectivity index is 2.46. The van der Waals surface area contributed by atoms with E-state index in [1.54, 1.807) is 6.20 Å². The number of nitrogens with zero attached hydrogens (tertiary/aromatic N) is 4. The predicted octanol–water partition coefficient (Wildman–Crippen LogP) is -0.247. The van der Waals surface area contributed by atoms with Gasteiger partial charge in [0.05, 0.1) is 6.20 Å². The molecule has 13 heavy (non-hydrogen) atoms. The molecule has 0 saturated heterocycles. The van der Waals surface area contributed by atoms with Crippen molar-refractivity contribution in [2.24, 2.45) is 0 Å². The van der Waals surface area contributed by atoms with Crippen LogP contribution in [0, 0.1) is 0 Å². The van der Waals surface area contributed by atoms with Crippen molar-refractivity contribution in [3.8, 4) is 11.5 Å². The van der Waals surface area contributed by atoms with Crippen molar-refractivity contribution in [2.75, 3.05) is 0 Å². The largest absolute Gasteiger partial charge is 0.334 e. The number of fused-ring (bicyclic) bond motifs is 1. The molecule has 6 heteroatoms. The number of hydrogen-bond acceptors (Lipinski definition) is 5. The van der Waals surface area contributed by atoms with Gasteiger partial charge in [-0.1, -0.05) is 0 Å². The summed E-state index contributed by atoms with van der Waals surface area (Å²) >= 11 is 0. The third kappa shape index (κ3) is 1.33. The number of imidazole rings is 1. The second kappa shape index (κ2) is 2.81. The van der Waals surface area contributed by atoms with Gasteiger partial charge >= 0.3 is 5.97 Å². The zero-order valence-corrected chi connectivity index (χ0v) is 6.84. The SMILES string of the molecule is CC(=O)On1cncc2ncnc1-2. The monoisotopic (exact) mass is 178 g/mol. The first-order chi connectivity index (χ1) is 6.27. The van der Waals surface area contributed by atoms with E-state index in [9.17, 15) is 4.79 Å². The average Bonchev–Trinajstić information content (AvgIpc) is 2.51. The van der Waals surface area contributed by atoms with Gasteiger partial charge in [-0.15, -0.1) is 4.73 Å². The summed E-state index contributed by atoms with van der Waals surface area (Å²) in [5.41, 5.74) is 0.587. The van der Waals surface area contributed by atoms with E-state index >= 15 is 0 Å². The molecule has 0 N–H and O–H groups in total. The summed E-state index contributed by atoms with van der Waals surface area (Å²) in [5, 5.41) is 0. The van der Waals surface area contributed by atoms with E-state index in [2.05, 4.69) is 15.0 Å². The molecular formula is C7H6N4O2. The molecule has 0 aromatic rings. The van der Waals surface area contributed by atoms with Crippen LogP contribution in [0.1, 0.15) is 6.92 Å². The number of hydrogen-bond donors (Lipinski definition) is 0. The van der Waals surface area contributed by atoms with Crippen LogP contribution in [0.25, 0.3) is 11.5 Å². The third-order valence-corrected chi connectivity index (χ3v) is 1.41. The summed E-state index contributed by atoms with van der Waals surface area (Å²) in [4.78, 5) is 27.1. The molecule has 6 nitrogen and oxygen atoms in total. The second-order valence-electron chi connectivity index (χ2n) is 2.38. The van der Waals surface area contributed by atoms with Gasteiger partial charge in [0.25, 0.3) is 0 Å². The maximum Gasteiger partial charge on any atom is 0.330 e. The maximum atomic E-state index is 10.7. The fourth-order valence-electron chi connectivity index (χ4n) is 0.955. The Bertz CT molecular complexity index is 411. The molecule has 0 aliphatic carbocycles. The molecule has 0 amide bonds. The molecular weight excluding hydrogens is 172 g/mol. The van der Waals surface area contributed by atoms with Gasteiger partial charge in [-0.25, -0.2) is 19.7 Å². The van der Waals surface area contributed by atoms with Crippen LogP contribution in [0.3, 0.4) is 0 Å². The third-order valence-electron chi connectivity index (χ3n) is 1.41. The Morgan fingerprint density at radius 1 is 1.54 bits per heavy atom. The maximum absolute atomic E-state index is 10.7. The zero-order valence-electron chi connectivity index (χ0n) is 6.84. The van der Waals surface area contributed by atoms with Crippen LogP contribution in [-0.4, -0.2) is 25.7 Å². The van der Waals surface area contributed by atoms with Crippen LogP contribution in [0.15, 0.2) is 18.9 Å². The summed E-state index contributed by atoms with van der Waals surface area (Å²) in [6.45, 7) is 1.31. The Hall–Kier alpha value is -1.98. The molecule has 2 rings (SSSR count).